The quantitative estimate of drug-likeness (QED) is 0.684. The van der Waals surface area contributed by atoms with Crippen molar-refractivity contribution in [3.05, 3.63) is 0 Å². The van der Waals surface area contributed by atoms with Crippen LogP contribution in [0.2, 0.25) is 0 Å². The molecule has 15 heavy (non-hydrogen) atoms. The molecule has 1 atom stereocenters. The molecule has 0 saturated carbocycles. The Bertz CT molecular complexity index is 201. The van der Waals surface area contributed by atoms with Crippen molar-refractivity contribution >= 4 is 5.91 Å². The number of hydrogen-bond donors (Lipinski definition) is 0. The van der Waals surface area contributed by atoms with Gasteiger partial charge in [0.25, 0.3) is 0 Å². The maximum absolute atomic E-state index is 12.1. The highest BCUT2D eigenvalue weighted by atomic mass is 16.2. The van der Waals surface area contributed by atoms with E-state index in [1.807, 2.05) is 0 Å². The molecule has 0 spiro atoms. The Labute approximate surface area is 94.0 Å². The highest BCUT2D eigenvalue weighted by Crippen LogP contribution is 2.23. The van der Waals surface area contributed by atoms with Crippen LogP contribution in [0.3, 0.4) is 0 Å². The Kier molecular flexibility index (Phi) is 5.13. The molecule has 0 aliphatic carbocycles. The highest BCUT2D eigenvalue weighted by molar-refractivity contribution is 5.79. The predicted molar refractivity (Wildman–Crippen MR) is 63.7 cm³/mol. The van der Waals surface area contributed by atoms with Crippen LogP contribution in [-0.4, -0.2) is 23.9 Å². The zero-order valence-electron chi connectivity index (χ0n) is 10.5. The van der Waals surface area contributed by atoms with Gasteiger partial charge in [0.1, 0.15) is 0 Å². The lowest BCUT2D eigenvalue weighted by Gasteiger charge is -2.33. The highest BCUT2D eigenvalue weighted by Gasteiger charge is 2.27. The fourth-order valence-electron chi connectivity index (χ4n) is 2.36. The van der Waals surface area contributed by atoms with Crippen LogP contribution in [0.4, 0.5) is 0 Å². The average molecular weight is 211 g/mol. The van der Waals surface area contributed by atoms with Gasteiger partial charge in [0.15, 0.2) is 0 Å². The largest absolute Gasteiger partial charge is 0.342 e. The first-order chi connectivity index (χ1) is 7.15. The van der Waals surface area contributed by atoms with Crippen LogP contribution in [0.25, 0.3) is 0 Å². The second-order valence-electron chi connectivity index (χ2n) is 5.16. The van der Waals surface area contributed by atoms with Crippen molar-refractivity contribution < 1.29 is 4.79 Å². The molecule has 0 aromatic rings. The Morgan fingerprint density at radius 3 is 2.80 bits per heavy atom. The molecule has 0 aromatic heterocycles. The molecule has 1 saturated heterocycles. The van der Waals surface area contributed by atoms with Crippen LogP contribution in [0, 0.1) is 11.8 Å². The minimum absolute atomic E-state index is 0.331. The third-order valence-corrected chi connectivity index (χ3v) is 3.13. The van der Waals surface area contributed by atoms with Crippen molar-refractivity contribution in [1.82, 2.24) is 4.90 Å². The summed E-state index contributed by atoms with van der Waals surface area (Å²) in [6.45, 7) is 8.49. The van der Waals surface area contributed by atoms with Crippen LogP contribution in [0.15, 0.2) is 0 Å². The molecular weight excluding hydrogens is 186 g/mol. The first kappa shape index (κ1) is 12.5. The van der Waals surface area contributed by atoms with Crippen LogP contribution in [-0.2, 0) is 4.79 Å². The fourth-order valence-corrected chi connectivity index (χ4v) is 2.36. The van der Waals surface area contributed by atoms with Crippen LogP contribution < -0.4 is 0 Å². The van der Waals surface area contributed by atoms with E-state index in [0.717, 1.165) is 25.9 Å². The molecule has 0 N–H and O–H groups in total. The molecular formula is C13H25NO. The monoisotopic (exact) mass is 211 g/mol. The van der Waals surface area contributed by atoms with E-state index in [9.17, 15) is 4.79 Å². The minimum Gasteiger partial charge on any atom is -0.342 e. The van der Waals surface area contributed by atoms with E-state index >= 15 is 0 Å². The van der Waals surface area contributed by atoms with E-state index in [2.05, 4.69) is 25.7 Å². The predicted octanol–water partition coefficient (Wildman–Crippen LogP) is 3.07. The molecule has 1 aliphatic rings. The summed E-state index contributed by atoms with van der Waals surface area (Å²) in [6, 6.07) is 0. The number of rotatable bonds is 5. The SMILES string of the molecule is CCCCC1CCCN(CC(C)C)C1=O. The molecule has 2 heteroatoms. The van der Waals surface area contributed by atoms with Crippen molar-refractivity contribution in [1.29, 1.82) is 0 Å². The Hall–Kier alpha value is -0.530. The molecule has 1 unspecified atom stereocenters. The maximum atomic E-state index is 12.1. The fraction of sp³-hybridized carbons (Fsp3) is 0.923. The molecule has 1 heterocycles. The third kappa shape index (κ3) is 3.84. The van der Waals surface area contributed by atoms with E-state index in [-0.39, 0.29) is 0 Å². The summed E-state index contributed by atoms with van der Waals surface area (Å²) in [4.78, 5) is 14.2. The van der Waals surface area contributed by atoms with E-state index < -0.39 is 0 Å². The molecule has 2 nitrogen and oxygen atoms in total. The van der Waals surface area contributed by atoms with Crippen LogP contribution >= 0.6 is 0 Å². The first-order valence-electron chi connectivity index (χ1n) is 6.44. The Balaban J connectivity index is 2.43. The summed E-state index contributed by atoms with van der Waals surface area (Å²) < 4.78 is 0. The lowest BCUT2D eigenvalue weighted by molar-refractivity contribution is -0.139. The van der Waals surface area contributed by atoms with Gasteiger partial charge in [0.05, 0.1) is 0 Å². The average Bonchev–Trinajstić information content (AvgIpc) is 2.19. The zero-order chi connectivity index (χ0) is 11.3. The summed E-state index contributed by atoms with van der Waals surface area (Å²) in [5, 5.41) is 0. The van der Waals surface area contributed by atoms with Crippen molar-refractivity contribution in [2.45, 2.75) is 52.9 Å². The molecule has 1 fully saturated rings. The van der Waals surface area contributed by atoms with Gasteiger partial charge in [-0.15, -0.1) is 0 Å². The first-order valence-corrected chi connectivity index (χ1v) is 6.44. The number of carbonyl (C=O) groups is 1. The number of nitrogens with zero attached hydrogens (tertiary/aromatic N) is 1. The van der Waals surface area contributed by atoms with Gasteiger partial charge in [-0.3, -0.25) is 4.79 Å². The Morgan fingerprint density at radius 2 is 2.20 bits per heavy atom. The van der Waals surface area contributed by atoms with Gasteiger partial charge in [-0.1, -0.05) is 33.6 Å². The van der Waals surface area contributed by atoms with E-state index in [4.69, 9.17) is 0 Å². The lowest BCUT2D eigenvalue weighted by Crippen LogP contribution is -2.42. The van der Waals surface area contributed by atoms with Crippen molar-refractivity contribution in [3.63, 3.8) is 0 Å². The van der Waals surface area contributed by atoms with Gasteiger partial charge in [-0.05, 0) is 25.2 Å². The second kappa shape index (κ2) is 6.14. The third-order valence-electron chi connectivity index (χ3n) is 3.13. The number of likely N-dealkylation sites (tertiary alicyclic amines) is 1. The van der Waals surface area contributed by atoms with Gasteiger partial charge in [0, 0.05) is 19.0 Å². The number of hydrogen-bond acceptors (Lipinski definition) is 1. The van der Waals surface area contributed by atoms with Crippen LogP contribution in [0.1, 0.15) is 52.9 Å². The summed E-state index contributed by atoms with van der Waals surface area (Å²) in [5.41, 5.74) is 0. The topological polar surface area (TPSA) is 20.3 Å². The molecule has 0 radical (unpaired) electrons. The van der Waals surface area contributed by atoms with Gasteiger partial charge < -0.3 is 4.90 Å². The smallest absolute Gasteiger partial charge is 0.225 e. The summed E-state index contributed by atoms with van der Waals surface area (Å²) in [5.74, 6) is 1.35. The number of unbranched alkanes of at least 4 members (excludes halogenated alkanes) is 1. The summed E-state index contributed by atoms with van der Waals surface area (Å²) in [6.07, 6.45) is 5.82. The van der Waals surface area contributed by atoms with Crippen molar-refractivity contribution in [3.8, 4) is 0 Å². The summed E-state index contributed by atoms with van der Waals surface area (Å²) >= 11 is 0. The maximum Gasteiger partial charge on any atom is 0.225 e. The van der Waals surface area contributed by atoms with Gasteiger partial charge in [-0.25, -0.2) is 0 Å². The van der Waals surface area contributed by atoms with E-state index in [1.165, 1.54) is 19.3 Å². The lowest BCUT2D eigenvalue weighted by atomic mass is 9.91. The summed E-state index contributed by atoms with van der Waals surface area (Å²) in [7, 11) is 0. The minimum atomic E-state index is 0.331. The van der Waals surface area contributed by atoms with Crippen LogP contribution in [0.5, 0.6) is 0 Å². The zero-order valence-corrected chi connectivity index (χ0v) is 10.5. The van der Waals surface area contributed by atoms with Crippen molar-refractivity contribution in [2.75, 3.05) is 13.1 Å². The standard InChI is InChI=1S/C13H25NO/c1-4-5-7-12-8-6-9-14(13(12)15)10-11(2)3/h11-12H,4-10H2,1-3H3. The van der Waals surface area contributed by atoms with Gasteiger partial charge in [-0.2, -0.15) is 0 Å². The van der Waals surface area contributed by atoms with E-state index in [0.29, 0.717) is 17.7 Å². The molecule has 0 bridgehead atoms. The molecule has 1 amide bonds. The number of piperidine rings is 1. The second-order valence-corrected chi connectivity index (χ2v) is 5.16. The Morgan fingerprint density at radius 1 is 1.47 bits per heavy atom. The van der Waals surface area contributed by atoms with E-state index in [1.54, 1.807) is 0 Å². The normalized spacial score (nSPS) is 22.5. The molecule has 1 rings (SSSR count). The van der Waals surface area contributed by atoms with Gasteiger partial charge >= 0.3 is 0 Å². The number of carbonyl (C=O) groups excluding carboxylic acids is 1. The van der Waals surface area contributed by atoms with Gasteiger partial charge in [0.2, 0.25) is 5.91 Å². The number of amides is 1. The van der Waals surface area contributed by atoms with Crippen molar-refractivity contribution in [2.24, 2.45) is 11.8 Å². The molecule has 0 aromatic carbocycles. The molecule has 1 aliphatic heterocycles. The molecule has 88 valence electrons.